The van der Waals surface area contributed by atoms with Gasteiger partial charge in [0.05, 0.1) is 43.9 Å². The Morgan fingerprint density at radius 1 is 0.482 bits per heavy atom. The van der Waals surface area contributed by atoms with Crippen molar-refractivity contribution in [3.05, 3.63) is 92.9 Å². The zero-order valence-corrected chi connectivity index (χ0v) is 71.6. The lowest BCUT2D eigenvalue weighted by Crippen LogP contribution is -2.72. The van der Waals surface area contributed by atoms with Gasteiger partial charge in [0.25, 0.3) is 0 Å². The summed E-state index contributed by atoms with van der Waals surface area (Å²) in [4.78, 5) is 106. The van der Waals surface area contributed by atoms with Crippen LogP contribution < -0.4 is 4.72 Å². The molecule has 596 valence electrons. The van der Waals surface area contributed by atoms with E-state index >= 15 is 0 Å². The van der Waals surface area contributed by atoms with Gasteiger partial charge in [0.2, 0.25) is 27.1 Å². The van der Waals surface area contributed by atoms with Crippen LogP contribution in [-0.4, -0.2) is 66.0 Å². The highest BCUT2D eigenvalue weighted by Gasteiger charge is 2.76. The lowest BCUT2D eigenvalue weighted by atomic mass is 9.32. The zero-order valence-electron chi connectivity index (χ0n) is 70.7. The molecular formula is C94H129N5O10S. The maximum Gasteiger partial charge on any atom is 0.303 e. The standard InChI is InChI=1S/C32H43NO4.C31H46N2O4S.C31H40N2O2/c1-27(2)11-13-32(18-24(35)36)14-12-31(7)25(19(32)16-27)21(34)15-23-29(5)17-20(33-8)26(37)28(3,4)22(29)9-10-30(23,31)6;1-26(2)12-14-31(33-38(9,36)37)15-13-30(7)24(19(31)17-26)21(34)16-23-28(5)18-20(32-8)25(35)27(3,4)22(28)10-11-29(23,30)6;1-26(2)11-13-31(18-32)14-12-30(7)24(19(31)16-26)21(34)15-23-28(5)17-20(33-8)25(35)27(3,4)22(28)9-10-29(23,30)6/h15,17,19,22,25H,9-14,16,18H2,1-7H3,(H,35,36);18-19,22-24,33H,10-17H2,1-7,9H3;15,17,19,22,24H,9-14,16H2,1-7H3/t19-,22-,25-,29-,30+,31+,32+;19-,22-,23+,24-,28-,29+,30+,31-;19-,22-,24-,28-,29+,30+,31+/m000/s1. The van der Waals surface area contributed by atoms with Crippen molar-refractivity contribution in [2.24, 2.45) is 151 Å². The number of hydrogen-bond acceptors (Lipinski definition) is 10. The molecule has 0 saturated heterocycles. The summed E-state index contributed by atoms with van der Waals surface area (Å²) in [7, 11) is -3.44. The predicted molar refractivity (Wildman–Crippen MR) is 426 cm³/mol. The third-order valence-electron chi connectivity index (χ3n) is 37.4. The minimum Gasteiger partial charge on any atom is -0.481 e. The number of carboxylic acid groups (broad SMARTS) is 1. The third-order valence-corrected chi connectivity index (χ3v) is 38.2. The van der Waals surface area contributed by atoms with Gasteiger partial charge in [0, 0.05) is 56.8 Å². The summed E-state index contributed by atoms with van der Waals surface area (Å²) in [6.45, 7) is 69.2. The first-order valence-corrected chi connectivity index (χ1v) is 43.9. The summed E-state index contributed by atoms with van der Waals surface area (Å²) in [5.74, 6) is -0.603. The molecule has 0 aromatic heterocycles. The molecule has 0 radical (unpaired) electrons. The van der Waals surface area contributed by atoms with Gasteiger partial charge >= 0.3 is 5.97 Å². The highest BCUT2D eigenvalue weighted by Crippen LogP contribution is 2.79. The van der Waals surface area contributed by atoms with Crippen LogP contribution >= 0.6 is 0 Å². The molecule has 16 heteroatoms. The summed E-state index contributed by atoms with van der Waals surface area (Å²) in [5, 5.41) is 20.3. The van der Waals surface area contributed by atoms with E-state index in [2.05, 4.69) is 129 Å². The second-order valence-corrected chi connectivity index (χ2v) is 47.1. The van der Waals surface area contributed by atoms with Crippen LogP contribution in [-0.2, 0) is 43.6 Å². The lowest BCUT2D eigenvalue weighted by Gasteiger charge is -2.72. The average molecular weight is 1520 g/mol. The van der Waals surface area contributed by atoms with Gasteiger partial charge in [0.1, 0.15) is 5.78 Å². The van der Waals surface area contributed by atoms with Gasteiger partial charge in [-0.1, -0.05) is 175 Å². The Hall–Kier alpha value is -5.94. The molecule has 0 unspecified atom stereocenters. The Balaban J connectivity index is 0.000000145. The fourth-order valence-corrected chi connectivity index (χ4v) is 32.0. The Morgan fingerprint density at radius 2 is 0.873 bits per heavy atom. The monoisotopic (exact) mass is 1520 g/mol. The highest BCUT2D eigenvalue weighted by molar-refractivity contribution is 7.88. The molecule has 22 atom stereocenters. The molecule has 0 heterocycles. The number of hydrogen-bond donors (Lipinski definition) is 2. The van der Waals surface area contributed by atoms with Crippen molar-refractivity contribution in [1.82, 2.24) is 4.72 Å². The number of ketones is 6. The van der Waals surface area contributed by atoms with Crippen LogP contribution in [0.25, 0.3) is 14.5 Å². The zero-order chi connectivity index (χ0) is 81.5. The summed E-state index contributed by atoms with van der Waals surface area (Å²) >= 11 is 0. The topological polar surface area (TPSA) is 223 Å². The Labute approximate surface area is 659 Å². The molecule has 0 spiro atoms. The molecule has 0 aromatic rings. The summed E-state index contributed by atoms with van der Waals surface area (Å²) < 4.78 is 28.3. The maximum absolute atomic E-state index is 14.5. The third kappa shape index (κ3) is 11.2. The number of carbonyl (C=O) groups is 7. The molecule has 0 aromatic carbocycles. The van der Waals surface area contributed by atoms with Crippen molar-refractivity contribution < 1.29 is 47.1 Å². The van der Waals surface area contributed by atoms with Gasteiger partial charge in [-0.05, 0) is 248 Å². The van der Waals surface area contributed by atoms with Gasteiger partial charge in [0.15, 0.2) is 28.9 Å². The van der Waals surface area contributed by atoms with E-state index in [0.29, 0.717) is 6.42 Å². The fraction of sp³-hybridized carbons (Fsp3) is 0.777. The van der Waals surface area contributed by atoms with Gasteiger partial charge in [-0.25, -0.2) is 27.7 Å². The quantitative estimate of drug-likeness (QED) is 0.252. The second-order valence-electron chi connectivity index (χ2n) is 45.3. The van der Waals surface area contributed by atoms with E-state index in [1.54, 1.807) is 0 Å². The molecule has 0 aliphatic heterocycles. The van der Waals surface area contributed by atoms with Gasteiger partial charge in [-0.3, -0.25) is 19.2 Å². The molecule has 0 bridgehead atoms. The molecule has 15 nitrogen and oxygen atoms in total. The Bertz CT molecular complexity index is 4550. The fourth-order valence-electron chi connectivity index (χ4n) is 30.9. The number of aliphatic carboxylic acids is 1. The van der Waals surface area contributed by atoms with Crippen LogP contribution in [0.5, 0.6) is 0 Å². The van der Waals surface area contributed by atoms with E-state index in [9.17, 15) is 52.3 Å². The maximum atomic E-state index is 14.5. The first-order chi connectivity index (χ1) is 50.4. The van der Waals surface area contributed by atoms with E-state index < -0.39 is 59.4 Å². The van der Waals surface area contributed by atoms with E-state index in [1.807, 2.05) is 71.9 Å². The van der Waals surface area contributed by atoms with Crippen LogP contribution in [0.15, 0.2) is 58.6 Å². The number of nitriles is 1. The predicted octanol–water partition coefficient (Wildman–Crippen LogP) is 20.1. The van der Waals surface area contributed by atoms with Crippen LogP contribution in [0, 0.1) is 182 Å². The number of nitrogens with zero attached hydrogens (tertiary/aromatic N) is 4. The number of Topliss-reactive ketones (excluding diaryl/α,β-unsaturated/α-hetero) is 4. The van der Waals surface area contributed by atoms with E-state index in [4.69, 9.17) is 19.7 Å². The molecule has 2 N–H and O–H groups in total. The Kier molecular flexibility index (Phi) is 18.7. The molecule has 15 aliphatic carbocycles. The second kappa shape index (κ2) is 25.0. The number of fused-ring (bicyclic) bond motifs is 21. The van der Waals surface area contributed by atoms with Crippen LogP contribution in [0.2, 0.25) is 0 Å². The summed E-state index contributed by atoms with van der Waals surface area (Å²) in [6, 6.07) is 2.74. The van der Waals surface area contributed by atoms with Gasteiger partial charge < -0.3 is 19.5 Å². The molecular weight excluding hydrogens is 1390 g/mol. The molecule has 0 amide bonds. The number of carboxylic acids is 1. The lowest BCUT2D eigenvalue weighted by molar-refractivity contribution is -0.214. The number of allylic oxidation sites excluding steroid dienone is 10. The van der Waals surface area contributed by atoms with Crippen molar-refractivity contribution in [3.8, 4) is 6.07 Å². The smallest absolute Gasteiger partial charge is 0.303 e. The van der Waals surface area contributed by atoms with Crippen LogP contribution in [0.1, 0.15) is 293 Å². The van der Waals surface area contributed by atoms with Crippen LogP contribution in [0.4, 0.5) is 0 Å². The van der Waals surface area contributed by atoms with Gasteiger partial charge in [-0.15, -0.1) is 0 Å². The van der Waals surface area contributed by atoms with E-state index in [-0.39, 0.29) is 172 Å². The first-order valence-electron chi connectivity index (χ1n) is 42.0. The largest absolute Gasteiger partial charge is 0.481 e. The van der Waals surface area contributed by atoms with Gasteiger partial charge in [-0.2, -0.15) is 5.26 Å². The van der Waals surface area contributed by atoms with Crippen molar-refractivity contribution in [1.29, 1.82) is 5.26 Å². The normalized spacial score (nSPS) is 46.9. The number of carbonyl (C=O) groups excluding carboxylic acids is 6. The van der Waals surface area contributed by atoms with E-state index in [0.717, 1.165) is 146 Å². The summed E-state index contributed by atoms with van der Waals surface area (Å²) in [6.07, 6.45) is 30.0. The van der Waals surface area contributed by atoms with Crippen LogP contribution in [0.3, 0.4) is 0 Å². The number of sulfonamides is 1. The molecule has 10 fully saturated rings. The molecule has 110 heavy (non-hydrogen) atoms. The average Bonchev–Trinajstić information content (AvgIpc) is 0.680. The summed E-state index contributed by atoms with van der Waals surface area (Å²) in [5.41, 5.74) is -2.94. The van der Waals surface area contributed by atoms with Crippen molar-refractivity contribution in [2.75, 3.05) is 6.26 Å². The molecule has 15 aliphatic rings. The molecule has 10 saturated carbocycles. The number of rotatable bonds is 4. The van der Waals surface area contributed by atoms with E-state index in [1.165, 1.54) is 6.26 Å². The Morgan fingerprint density at radius 3 is 1.35 bits per heavy atom. The molecule has 15 rings (SSSR count). The minimum atomic E-state index is -3.44. The highest BCUT2D eigenvalue weighted by atomic mass is 32.2. The van der Waals surface area contributed by atoms with Crippen molar-refractivity contribution >= 4 is 50.7 Å². The number of nitrogens with one attached hydrogen (secondary N) is 1. The SMILES string of the molecule is [C-]#[N+]C1=C[C@]2(C)C3=CC(=O)[C@@H]4[C@@H]5CC(C)(C)CC[C@]5(C#N)CC[C@@]4(C)[C@]3(C)CC[C@H]2C(C)(C)C1=O.[C-]#[N+]C1=C[C@]2(C)C3=CC(=O)[C@@H]4[C@@H]5CC(C)(C)CC[C@]5(CC(=O)O)CC[C@@]4(C)[C@]3(C)CC[C@H]2C(C)(C)C1=O.[C-]#[N+]C1=C[C@]2(C)[C@H]3CC(=O)[C@@H]4[C@@H]5CC(C)(C)CC[C@]5(NS(C)(=O)=O)CC[C@@]4(C)[C@]3(C)CC[C@H]2C(C)(C)C1=O. The minimum absolute atomic E-state index is 0.0331. The van der Waals surface area contributed by atoms with Crippen molar-refractivity contribution in [2.45, 2.75) is 299 Å². The first kappa shape index (κ1) is 82.1. The van der Waals surface area contributed by atoms with Crippen molar-refractivity contribution in [3.63, 3.8) is 0 Å².